The van der Waals surface area contributed by atoms with Gasteiger partial charge in [-0.05, 0) is 18.3 Å². The van der Waals surface area contributed by atoms with Crippen LogP contribution in [0.1, 0.15) is 66.2 Å². The first-order chi connectivity index (χ1) is 18.7. The molecule has 0 bridgehead atoms. The van der Waals surface area contributed by atoms with Crippen LogP contribution in [-0.2, 0) is 37.9 Å². The highest BCUT2D eigenvalue weighted by Crippen LogP contribution is 2.13. The van der Waals surface area contributed by atoms with Crippen molar-refractivity contribution < 1.29 is 43.0 Å². The van der Waals surface area contributed by atoms with E-state index in [9.17, 15) is 0 Å². The van der Waals surface area contributed by atoms with Gasteiger partial charge in [-0.2, -0.15) is 0 Å². The predicted molar refractivity (Wildman–Crippen MR) is 150 cm³/mol. The molecule has 38 heavy (non-hydrogen) atoms. The molecule has 0 radical (unpaired) electrons. The number of ether oxygens (including phenoxy) is 8. The molecule has 2 atom stereocenters. The van der Waals surface area contributed by atoms with E-state index in [-0.39, 0.29) is 12.7 Å². The number of hydrogen-bond acceptors (Lipinski definition) is 9. The zero-order valence-electron chi connectivity index (χ0n) is 25.0. The summed E-state index contributed by atoms with van der Waals surface area (Å²) in [5.41, 5.74) is 0. The fourth-order valence-electron chi connectivity index (χ4n) is 3.62. The molecule has 9 heteroatoms. The molecule has 0 rings (SSSR count). The molecule has 0 aromatic carbocycles. The summed E-state index contributed by atoms with van der Waals surface area (Å²) in [6.07, 6.45) is 7.04. The number of rotatable bonds is 32. The Labute approximate surface area is 233 Å². The van der Waals surface area contributed by atoms with Crippen LogP contribution in [0.4, 0.5) is 0 Å². The smallest absolute Gasteiger partial charge is 0.104 e. The first kappa shape index (κ1) is 37.6. The molecular formula is C29H60O9. The van der Waals surface area contributed by atoms with Gasteiger partial charge < -0.3 is 43.0 Å². The Hall–Kier alpha value is -0.360. The molecule has 0 aromatic rings. The third-order valence-corrected chi connectivity index (χ3v) is 6.32. The van der Waals surface area contributed by atoms with Crippen molar-refractivity contribution in [3.8, 4) is 0 Å². The van der Waals surface area contributed by atoms with Crippen LogP contribution < -0.4 is 0 Å². The molecule has 0 amide bonds. The Balaban J connectivity index is 3.85. The third-order valence-electron chi connectivity index (χ3n) is 6.32. The lowest BCUT2D eigenvalue weighted by Crippen LogP contribution is -2.29. The van der Waals surface area contributed by atoms with E-state index in [1.54, 1.807) is 0 Å². The average molecular weight is 553 g/mol. The molecule has 1 N–H and O–H groups in total. The van der Waals surface area contributed by atoms with Crippen LogP contribution in [-0.4, -0.2) is 117 Å². The number of aliphatic hydroxyl groups is 1. The molecule has 230 valence electrons. The largest absolute Gasteiger partial charge is 0.394 e. The molecule has 0 heterocycles. The molecule has 0 aliphatic heterocycles. The Morgan fingerprint density at radius 1 is 0.474 bits per heavy atom. The van der Waals surface area contributed by atoms with E-state index >= 15 is 0 Å². The maximum absolute atomic E-state index is 8.60. The summed E-state index contributed by atoms with van der Waals surface area (Å²) in [7, 11) is 0. The molecule has 0 saturated carbocycles. The first-order valence-electron chi connectivity index (χ1n) is 15.0. The van der Waals surface area contributed by atoms with E-state index in [1.807, 2.05) is 0 Å². The summed E-state index contributed by atoms with van der Waals surface area (Å²) in [5, 5.41) is 8.60. The van der Waals surface area contributed by atoms with Crippen LogP contribution in [0.25, 0.3) is 0 Å². The number of hydrogen-bond donors (Lipinski definition) is 1. The van der Waals surface area contributed by atoms with Gasteiger partial charge in [0.25, 0.3) is 0 Å². The van der Waals surface area contributed by atoms with Crippen LogP contribution >= 0.6 is 0 Å². The van der Waals surface area contributed by atoms with Crippen molar-refractivity contribution in [3.63, 3.8) is 0 Å². The van der Waals surface area contributed by atoms with Gasteiger partial charge in [0.05, 0.1) is 92.5 Å². The lowest BCUT2D eigenvalue weighted by Gasteiger charge is -2.22. The molecule has 0 aliphatic carbocycles. The van der Waals surface area contributed by atoms with E-state index in [0.29, 0.717) is 97.7 Å². The Bertz CT molecular complexity index is 438. The molecule has 0 aliphatic rings. The fourth-order valence-corrected chi connectivity index (χ4v) is 3.62. The third kappa shape index (κ3) is 25.9. The zero-order valence-corrected chi connectivity index (χ0v) is 25.0. The predicted octanol–water partition coefficient (Wildman–Crippen LogP) is 4.13. The van der Waals surface area contributed by atoms with Crippen molar-refractivity contribution in [2.45, 2.75) is 72.3 Å². The van der Waals surface area contributed by atoms with Crippen LogP contribution in [0.3, 0.4) is 0 Å². The van der Waals surface area contributed by atoms with Gasteiger partial charge in [-0.3, -0.25) is 0 Å². The van der Waals surface area contributed by atoms with E-state index in [2.05, 4.69) is 27.7 Å². The van der Waals surface area contributed by atoms with Gasteiger partial charge in [-0.15, -0.1) is 0 Å². The summed E-state index contributed by atoms with van der Waals surface area (Å²) in [6, 6.07) is 0. The summed E-state index contributed by atoms with van der Waals surface area (Å²) in [6.45, 7) is 17.0. The Morgan fingerprint density at radius 2 is 0.895 bits per heavy atom. The van der Waals surface area contributed by atoms with Gasteiger partial charge in [-0.25, -0.2) is 0 Å². The van der Waals surface area contributed by atoms with Gasteiger partial charge >= 0.3 is 0 Å². The second kappa shape index (κ2) is 31.2. The van der Waals surface area contributed by atoms with Crippen LogP contribution in [0, 0.1) is 11.8 Å². The highest BCUT2D eigenvalue weighted by atomic mass is 16.6. The van der Waals surface area contributed by atoms with Gasteiger partial charge in [0.15, 0.2) is 0 Å². The first-order valence-corrected chi connectivity index (χ1v) is 15.0. The summed E-state index contributed by atoms with van der Waals surface area (Å²) < 4.78 is 45.1. The van der Waals surface area contributed by atoms with Gasteiger partial charge in [0.1, 0.15) is 6.10 Å². The quantitative estimate of drug-likeness (QED) is 0.124. The Kier molecular flexibility index (Phi) is 30.9. The second-order valence-electron chi connectivity index (χ2n) is 9.45. The minimum atomic E-state index is -0.0814. The standard InChI is InChI=1S/C29H60O9/c1-5-9-10-28(8-4)24-37-26-29(25-36-23-27(6-2)7-3)38-22-21-35-20-19-34-18-17-33-16-15-32-14-13-31-12-11-30/h27-30H,5-26H2,1-4H3. The highest BCUT2D eigenvalue weighted by Gasteiger charge is 2.14. The van der Waals surface area contributed by atoms with Crippen molar-refractivity contribution >= 4 is 0 Å². The lowest BCUT2D eigenvalue weighted by atomic mass is 10.0. The monoisotopic (exact) mass is 552 g/mol. The van der Waals surface area contributed by atoms with E-state index in [1.165, 1.54) is 19.3 Å². The van der Waals surface area contributed by atoms with Crippen LogP contribution in [0.2, 0.25) is 0 Å². The van der Waals surface area contributed by atoms with Crippen LogP contribution in [0.5, 0.6) is 0 Å². The summed E-state index contributed by atoms with van der Waals surface area (Å²) in [4.78, 5) is 0. The second-order valence-corrected chi connectivity index (χ2v) is 9.45. The van der Waals surface area contributed by atoms with Gasteiger partial charge in [-0.1, -0.05) is 59.8 Å². The lowest BCUT2D eigenvalue weighted by molar-refractivity contribution is -0.0836. The normalized spacial score (nSPS) is 13.4. The van der Waals surface area contributed by atoms with Gasteiger partial charge in [0.2, 0.25) is 0 Å². The molecule has 0 saturated heterocycles. The van der Waals surface area contributed by atoms with E-state index < -0.39 is 0 Å². The molecule has 2 unspecified atom stereocenters. The molecule has 0 aromatic heterocycles. The SMILES string of the molecule is CCCCC(CC)COCC(COCC(CC)CC)OCCOCCOCCOCCOCCOCCO. The van der Waals surface area contributed by atoms with Crippen molar-refractivity contribution in [1.82, 2.24) is 0 Å². The highest BCUT2D eigenvalue weighted by molar-refractivity contribution is 4.61. The zero-order chi connectivity index (χ0) is 27.9. The minimum Gasteiger partial charge on any atom is -0.394 e. The Morgan fingerprint density at radius 3 is 1.32 bits per heavy atom. The summed E-state index contributed by atoms with van der Waals surface area (Å²) in [5.74, 6) is 1.21. The van der Waals surface area contributed by atoms with Crippen molar-refractivity contribution in [3.05, 3.63) is 0 Å². The fraction of sp³-hybridized carbons (Fsp3) is 1.00. The molecular weight excluding hydrogens is 492 g/mol. The maximum Gasteiger partial charge on any atom is 0.104 e. The average Bonchev–Trinajstić information content (AvgIpc) is 2.94. The van der Waals surface area contributed by atoms with Gasteiger partial charge in [0, 0.05) is 13.2 Å². The van der Waals surface area contributed by atoms with Crippen molar-refractivity contribution in [2.24, 2.45) is 11.8 Å². The molecule has 9 nitrogen and oxygen atoms in total. The summed E-state index contributed by atoms with van der Waals surface area (Å²) >= 11 is 0. The van der Waals surface area contributed by atoms with E-state index in [4.69, 9.17) is 43.0 Å². The van der Waals surface area contributed by atoms with Crippen LogP contribution in [0.15, 0.2) is 0 Å². The van der Waals surface area contributed by atoms with Crippen molar-refractivity contribution in [1.29, 1.82) is 0 Å². The van der Waals surface area contributed by atoms with E-state index in [0.717, 1.165) is 32.5 Å². The molecule has 0 fully saturated rings. The maximum atomic E-state index is 8.60. The minimum absolute atomic E-state index is 0.0325. The topological polar surface area (TPSA) is 94.1 Å². The number of unbranched alkanes of at least 4 members (excludes halogenated alkanes) is 1. The number of aliphatic hydroxyl groups excluding tert-OH is 1. The molecule has 0 spiro atoms. The van der Waals surface area contributed by atoms with Crippen molar-refractivity contribution in [2.75, 3.05) is 106 Å².